The fourth-order valence-electron chi connectivity index (χ4n) is 2.40. The number of hydrogen-bond donors (Lipinski definition) is 0. The molecule has 3 rings (SSSR count). The van der Waals surface area contributed by atoms with Gasteiger partial charge in [-0.1, -0.05) is 30.0 Å². The molecule has 2 heterocycles. The van der Waals surface area contributed by atoms with Crippen molar-refractivity contribution in [3.8, 4) is 5.75 Å². The summed E-state index contributed by atoms with van der Waals surface area (Å²) in [6.07, 6.45) is 0.922. The van der Waals surface area contributed by atoms with Crippen molar-refractivity contribution in [1.82, 2.24) is 9.88 Å². The van der Waals surface area contributed by atoms with E-state index in [1.54, 1.807) is 16.2 Å². The predicted molar refractivity (Wildman–Crippen MR) is 89.8 cm³/mol. The molecule has 0 radical (unpaired) electrons. The van der Waals surface area contributed by atoms with Crippen LogP contribution in [0.4, 0.5) is 0 Å². The van der Waals surface area contributed by atoms with Crippen LogP contribution in [0.5, 0.6) is 5.75 Å². The van der Waals surface area contributed by atoms with Crippen molar-refractivity contribution in [1.29, 1.82) is 0 Å². The topological polar surface area (TPSA) is 42.4 Å². The van der Waals surface area contributed by atoms with Crippen molar-refractivity contribution >= 4 is 29.0 Å². The van der Waals surface area contributed by atoms with Gasteiger partial charge >= 0.3 is 0 Å². The number of benzene rings is 1. The van der Waals surface area contributed by atoms with E-state index in [2.05, 4.69) is 11.1 Å². The summed E-state index contributed by atoms with van der Waals surface area (Å²) in [6, 6.07) is 8.06. The summed E-state index contributed by atoms with van der Waals surface area (Å²) < 4.78 is 6.83. The molecule has 1 atom stereocenters. The molecule has 0 aliphatic carbocycles. The van der Waals surface area contributed by atoms with E-state index in [0.29, 0.717) is 12.3 Å². The molecule has 1 amide bonds. The number of amides is 1. The highest BCUT2D eigenvalue weighted by molar-refractivity contribution is 8.01. The first-order valence-electron chi connectivity index (χ1n) is 7.15. The smallest absolute Gasteiger partial charge is 0.232 e. The van der Waals surface area contributed by atoms with Gasteiger partial charge in [0.25, 0.3) is 0 Å². The van der Waals surface area contributed by atoms with Crippen LogP contribution in [0.25, 0.3) is 0 Å². The number of fused-ring (bicyclic) bond motifs is 1. The second kappa shape index (κ2) is 6.71. The van der Waals surface area contributed by atoms with Crippen LogP contribution < -0.4 is 4.74 Å². The van der Waals surface area contributed by atoms with Gasteiger partial charge in [-0.25, -0.2) is 4.98 Å². The Balaban J connectivity index is 1.48. The van der Waals surface area contributed by atoms with E-state index in [-0.39, 0.29) is 12.0 Å². The molecule has 4 nitrogen and oxygen atoms in total. The van der Waals surface area contributed by atoms with Gasteiger partial charge in [-0.2, -0.15) is 0 Å². The lowest BCUT2D eigenvalue weighted by Crippen LogP contribution is -2.37. The minimum Gasteiger partial charge on any atom is -0.488 e. The highest BCUT2D eigenvalue weighted by Crippen LogP contribution is 2.28. The number of aryl methyl sites for hydroxylation is 1. The van der Waals surface area contributed by atoms with Gasteiger partial charge in [-0.05, 0) is 18.6 Å². The zero-order chi connectivity index (χ0) is 15.5. The largest absolute Gasteiger partial charge is 0.488 e. The number of hydrogen-bond acceptors (Lipinski definition) is 5. The Morgan fingerprint density at radius 3 is 3.05 bits per heavy atom. The van der Waals surface area contributed by atoms with Crippen LogP contribution in [0.3, 0.4) is 0 Å². The molecular weight excluding hydrogens is 316 g/mol. The molecule has 116 valence electrons. The Labute approximate surface area is 138 Å². The van der Waals surface area contributed by atoms with Gasteiger partial charge in [0.15, 0.2) is 4.34 Å². The molecule has 1 aromatic carbocycles. The van der Waals surface area contributed by atoms with Crippen LogP contribution in [0.15, 0.2) is 34.0 Å². The summed E-state index contributed by atoms with van der Waals surface area (Å²) in [5.41, 5.74) is 2.23. The van der Waals surface area contributed by atoms with E-state index in [4.69, 9.17) is 4.74 Å². The highest BCUT2D eigenvalue weighted by Gasteiger charge is 2.25. The fourth-order valence-corrected chi connectivity index (χ4v) is 4.19. The summed E-state index contributed by atoms with van der Waals surface area (Å²) in [5, 5.41) is 2.00. The number of rotatable bonds is 5. The Morgan fingerprint density at radius 1 is 1.50 bits per heavy atom. The second-order valence-electron chi connectivity index (χ2n) is 5.37. The number of thioether (sulfide) groups is 1. The third-order valence-electron chi connectivity index (χ3n) is 3.53. The van der Waals surface area contributed by atoms with Crippen LogP contribution in [-0.4, -0.2) is 41.2 Å². The molecule has 0 saturated heterocycles. The summed E-state index contributed by atoms with van der Waals surface area (Å²) in [4.78, 5) is 18.3. The monoisotopic (exact) mass is 334 g/mol. The lowest BCUT2D eigenvalue weighted by Gasteiger charge is -2.20. The SMILES string of the molecule is Cc1csc(SCC(=O)N(C)C[C@@H]2Cc3ccccc3O2)n1. The van der Waals surface area contributed by atoms with Crippen molar-refractivity contribution in [2.45, 2.75) is 23.8 Å². The Hall–Kier alpha value is -1.53. The maximum Gasteiger partial charge on any atom is 0.232 e. The van der Waals surface area contributed by atoms with Crippen molar-refractivity contribution in [2.75, 3.05) is 19.3 Å². The van der Waals surface area contributed by atoms with Gasteiger partial charge in [-0.15, -0.1) is 11.3 Å². The number of para-hydroxylation sites is 1. The Morgan fingerprint density at radius 2 is 2.32 bits per heavy atom. The summed E-state index contributed by atoms with van der Waals surface area (Å²) >= 11 is 3.08. The molecule has 0 unspecified atom stereocenters. The molecule has 6 heteroatoms. The van der Waals surface area contributed by atoms with Crippen LogP contribution in [-0.2, 0) is 11.2 Å². The van der Waals surface area contributed by atoms with Crippen LogP contribution in [0.1, 0.15) is 11.3 Å². The number of carbonyl (C=O) groups excluding carboxylic acids is 1. The quantitative estimate of drug-likeness (QED) is 0.788. The number of likely N-dealkylation sites (N-methyl/N-ethyl adjacent to an activating group) is 1. The summed E-state index contributed by atoms with van der Waals surface area (Å²) in [7, 11) is 1.84. The van der Waals surface area contributed by atoms with Gasteiger partial charge in [0.05, 0.1) is 12.3 Å². The van der Waals surface area contributed by atoms with E-state index >= 15 is 0 Å². The first-order chi connectivity index (χ1) is 10.6. The lowest BCUT2D eigenvalue weighted by molar-refractivity contribution is -0.128. The van der Waals surface area contributed by atoms with Crippen molar-refractivity contribution in [3.63, 3.8) is 0 Å². The third kappa shape index (κ3) is 3.62. The normalized spacial score (nSPS) is 16.2. The van der Waals surface area contributed by atoms with Gasteiger partial charge in [0.2, 0.25) is 5.91 Å². The molecule has 0 fully saturated rings. The number of ether oxygens (including phenoxy) is 1. The van der Waals surface area contributed by atoms with Gasteiger partial charge < -0.3 is 9.64 Å². The van der Waals surface area contributed by atoms with Crippen molar-refractivity contribution in [2.24, 2.45) is 0 Å². The molecule has 0 bridgehead atoms. The molecule has 0 spiro atoms. The van der Waals surface area contributed by atoms with E-state index in [1.807, 2.05) is 37.6 Å². The highest BCUT2D eigenvalue weighted by atomic mass is 32.2. The number of nitrogens with zero attached hydrogens (tertiary/aromatic N) is 2. The minimum absolute atomic E-state index is 0.0541. The average molecular weight is 334 g/mol. The molecule has 0 N–H and O–H groups in total. The number of aromatic nitrogens is 1. The molecule has 0 saturated carbocycles. The molecule has 2 aromatic rings. The van der Waals surface area contributed by atoms with Gasteiger partial charge in [-0.3, -0.25) is 4.79 Å². The molecule has 1 aliphatic heterocycles. The maximum atomic E-state index is 12.2. The van der Waals surface area contributed by atoms with E-state index < -0.39 is 0 Å². The van der Waals surface area contributed by atoms with Crippen LogP contribution in [0, 0.1) is 6.92 Å². The minimum atomic E-state index is 0.0541. The van der Waals surface area contributed by atoms with Gasteiger partial charge in [0, 0.05) is 24.5 Å². The van der Waals surface area contributed by atoms with E-state index in [0.717, 1.165) is 22.2 Å². The zero-order valence-corrected chi connectivity index (χ0v) is 14.2. The Kier molecular flexibility index (Phi) is 4.69. The number of thiazole rings is 1. The number of carbonyl (C=O) groups is 1. The predicted octanol–water partition coefficient (Wildman–Crippen LogP) is 3.01. The standard InChI is InChI=1S/C16H18N2O2S2/c1-11-9-21-16(17-11)22-10-15(19)18(2)8-13-7-12-5-3-4-6-14(12)20-13/h3-6,9,13H,7-8,10H2,1-2H3/t13-/m0/s1. The van der Waals surface area contributed by atoms with Crippen molar-refractivity contribution in [3.05, 3.63) is 40.9 Å². The first kappa shape index (κ1) is 15.4. The summed E-state index contributed by atoms with van der Waals surface area (Å²) in [6.45, 7) is 2.58. The molecule has 1 aromatic heterocycles. The second-order valence-corrected chi connectivity index (χ2v) is 7.45. The van der Waals surface area contributed by atoms with Crippen molar-refractivity contribution < 1.29 is 9.53 Å². The zero-order valence-electron chi connectivity index (χ0n) is 12.6. The average Bonchev–Trinajstić information content (AvgIpc) is 3.09. The fraction of sp³-hybridized carbons (Fsp3) is 0.375. The van der Waals surface area contributed by atoms with Gasteiger partial charge in [0.1, 0.15) is 11.9 Å². The van der Waals surface area contributed by atoms with Crippen LogP contribution in [0.2, 0.25) is 0 Å². The maximum absolute atomic E-state index is 12.2. The van der Waals surface area contributed by atoms with E-state index in [9.17, 15) is 4.79 Å². The molecule has 22 heavy (non-hydrogen) atoms. The van der Waals surface area contributed by atoms with E-state index in [1.165, 1.54) is 17.3 Å². The third-order valence-corrected chi connectivity index (χ3v) is 5.66. The summed E-state index contributed by atoms with van der Waals surface area (Å²) in [5.74, 6) is 1.47. The van der Waals surface area contributed by atoms with Crippen LogP contribution >= 0.6 is 23.1 Å². The first-order valence-corrected chi connectivity index (χ1v) is 9.02. The Bertz CT molecular complexity index is 647. The molecular formula is C16H18N2O2S2. The molecule has 1 aliphatic rings. The lowest BCUT2D eigenvalue weighted by atomic mass is 10.1.